The van der Waals surface area contributed by atoms with Crippen LogP contribution in [0.1, 0.15) is 11.3 Å². The number of carbonyl (C=O) groups excluding carboxylic acids is 1. The first kappa shape index (κ1) is 22.3. The van der Waals surface area contributed by atoms with Crippen LogP contribution in [0.3, 0.4) is 0 Å². The summed E-state index contributed by atoms with van der Waals surface area (Å²) in [6, 6.07) is 13.6. The lowest BCUT2D eigenvalue weighted by Crippen LogP contribution is -2.47. The molecule has 2 aliphatic heterocycles. The zero-order valence-electron chi connectivity index (χ0n) is 17.9. The van der Waals surface area contributed by atoms with Crippen molar-refractivity contribution in [3.05, 3.63) is 59.5 Å². The molecule has 5 rings (SSSR count). The third kappa shape index (κ3) is 4.49. The number of aryl methyl sites for hydroxylation is 1. The Kier molecular flexibility index (Phi) is 6.48. The van der Waals surface area contributed by atoms with E-state index in [-0.39, 0.29) is 30.7 Å². The molecule has 168 valence electrons. The molecule has 3 aromatic rings. The van der Waals surface area contributed by atoms with Gasteiger partial charge in [-0.15, -0.1) is 12.4 Å². The van der Waals surface area contributed by atoms with E-state index in [2.05, 4.69) is 50.4 Å². The molecule has 0 atom stereocenters. The lowest BCUT2D eigenvalue weighted by Gasteiger charge is -2.36. The minimum Gasteiger partial charge on any atom is -0.481 e. The van der Waals surface area contributed by atoms with Crippen molar-refractivity contribution in [2.45, 2.75) is 13.3 Å². The summed E-state index contributed by atoms with van der Waals surface area (Å²) in [4.78, 5) is 20.9. The van der Waals surface area contributed by atoms with Crippen LogP contribution in [-0.2, 0) is 11.2 Å². The third-order valence-corrected chi connectivity index (χ3v) is 6.04. The first-order valence-electron chi connectivity index (χ1n) is 10.7. The highest BCUT2D eigenvalue weighted by Gasteiger charge is 2.21. The second-order valence-electron chi connectivity index (χ2n) is 8.15. The molecular weight excluding hydrogens is 431 g/mol. The summed E-state index contributed by atoms with van der Waals surface area (Å²) >= 11 is 0. The van der Waals surface area contributed by atoms with E-state index in [1.165, 1.54) is 17.1 Å². The molecule has 2 aromatic carbocycles. The van der Waals surface area contributed by atoms with Crippen molar-refractivity contribution in [2.75, 3.05) is 49.5 Å². The predicted octanol–water partition coefficient (Wildman–Crippen LogP) is 3.80. The fourth-order valence-corrected chi connectivity index (χ4v) is 4.35. The number of hydrogen-bond acceptors (Lipinski definition) is 5. The average Bonchev–Trinajstić information content (AvgIpc) is 2.78. The number of nitrogens with zero attached hydrogens (tertiary/aromatic N) is 3. The van der Waals surface area contributed by atoms with Crippen molar-refractivity contribution in [3.63, 3.8) is 0 Å². The van der Waals surface area contributed by atoms with Gasteiger partial charge in [0.05, 0.1) is 11.2 Å². The molecule has 0 spiro atoms. The van der Waals surface area contributed by atoms with Crippen LogP contribution >= 0.6 is 12.4 Å². The van der Waals surface area contributed by atoms with Crippen molar-refractivity contribution >= 4 is 40.6 Å². The molecule has 2 aliphatic rings. The molecule has 1 amide bonds. The number of benzene rings is 2. The van der Waals surface area contributed by atoms with E-state index < -0.39 is 0 Å². The number of ether oxygens (including phenoxy) is 1. The summed E-state index contributed by atoms with van der Waals surface area (Å²) in [6.45, 7) is 6.39. The summed E-state index contributed by atoms with van der Waals surface area (Å²) < 4.78 is 19.7. The number of nitrogens with one attached hydrogen (secondary N) is 1. The highest BCUT2D eigenvalue weighted by atomic mass is 35.5. The molecule has 1 fully saturated rings. The summed E-state index contributed by atoms with van der Waals surface area (Å²) in [5.74, 6) is -0.0960. The van der Waals surface area contributed by atoms with E-state index >= 15 is 0 Å². The van der Waals surface area contributed by atoms with Crippen LogP contribution in [0.15, 0.2) is 42.5 Å². The number of aromatic nitrogens is 1. The molecule has 8 heteroatoms. The van der Waals surface area contributed by atoms with Crippen LogP contribution in [0.25, 0.3) is 10.9 Å². The lowest BCUT2D eigenvalue weighted by molar-refractivity contribution is -0.118. The second-order valence-corrected chi connectivity index (χ2v) is 8.15. The summed E-state index contributed by atoms with van der Waals surface area (Å²) in [7, 11) is 0. The average molecular weight is 457 g/mol. The number of amides is 1. The number of carbonyl (C=O) groups is 1. The Balaban J connectivity index is 0.00000245. The number of pyridine rings is 1. The molecule has 0 bridgehead atoms. The van der Waals surface area contributed by atoms with Gasteiger partial charge in [-0.25, -0.2) is 4.39 Å². The van der Waals surface area contributed by atoms with Crippen molar-refractivity contribution in [1.29, 1.82) is 0 Å². The number of fused-ring (bicyclic) bond motifs is 2. The van der Waals surface area contributed by atoms with Gasteiger partial charge in [0, 0.05) is 55.6 Å². The van der Waals surface area contributed by atoms with E-state index in [0.29, 0.717) is 23.4 Å². The normalized spacial score (nSPS) is 16.2. The lowest BCUT2D eigenvalue weighted by atomic mass is 10.1. The Morgan fingerprint density at radius 1 is 1.12 bits per heavy atom. The first-order valence-corrected chi connectivity index (χ1v) is 10.7. The Bertz CT molecular complexity index is 1150. The van der Waals surface area contributed by atoms with Crippen LogP contribution in [0.5, 0.6) is 5.75 Å². The van der Waals surface area contributed by atoms with E-state index in [1.807, 2.05) is 6.92 Å². The van der Waals surface area contributed by atoms with Crippen LogP contribution in [0, 0.1) is 12.7 Å². The van der Waals surface area contributed by atoms with Crippen LogP contribution < -0.4 is 15.0 Å². The topological polar surface area (TPSA) is 57.7 Å². The number of rotatable bonds is 4. The molecular formula is C24H26ClFN4O2. The van der Waals surface area contributed by atoms with Gasteiger partial charge < -0.3 is 15.0 Å². The molecule has 32 heavy (non-hydrogen) atoms. The zero-order chi connectivity index (χ0) is 21.4. The summed E-state index contributed by atoms with van der Waals surface area (Å²) in [5.41, 5.74) is 4.43. The van der Waals surface area contributed by atoms with E-state index in [0.717, 1.165) is 43.9 Å². The third-order valence-electron chi connectivity index (χ3n) is 6.04. The van der Waals surface area contributed by atoms with Crippen molar-refractivity contribution in [1.82, 2.24) is 9.88 Å². The zero-order valence-corrected chi connectivity index (χ0v) is 18.8. The van der Waals surface area contributed by atoms with Gasteiger partial charge in [-0.1, -0.05) is 6.07 Å². The maximum absolute atomic E-state index is 14.5. The molecule has 0 unspecified atom stereocenters. The highest BCUT2D eigenvalue weighted by molar-refractivity contribution is 5.95. The molecule has 6 nitrogen and oxygen atoms in total. The van der Waals surface area contributed by atoms with Gasteiger partial charge in [0.15, 0.2) is 6.61 Å². The number of anilines is 2. The van der Waals surface area contributed by atoms with E-state index in [1.54, 1.807) is 6.07 Å². The minimum atomic E-state index is -0.285. The van der Waals surface area contributed by atoms with Crippen LogP contribution in [-0.4, -0.2) is 55.1 Å². The Hall–Kier alpha value is -2.90. The highest BCUT2D eigenvalue weighted by Crippen LogP contribution is 2.31. The Morgan fingerprint density at radius 3 is 2.75 bits per heavy atom. The van der Waals surface area contributed by atoms with Gasteiger partial charge >= 0.3 is 0 Å². The maximum atomic E-state index is 14.5. The van der Waals surface area contributed by atoms with E-state index in [4.69, 9.17) is 4.74 Å². The first-order chi connectivity index (χ1) is 15.1. The van der Waals surface area contributed by atoms with E-state index in [9.17, 15) is 9.18 Å². The largest absolute Gasteiger partial charge is 0.481 e. The standard InChI is InChI=1S/C24H25FN4O2.ClH/c1-16-5-6-18-20(26-16)3-2-4-22(18)29-11-9-28(10-12-29)8-7-17-13-21-23(14-19(17)25)31-15-24(30)27-21;/h2-6,13-14H,7-12,15H2,1H3,(H,27,30);1H. The Morgan fingerprint density at radius 2 is 1.94 bits per heavy atom. The van der Waals surface area contributed by atoms with Gasteiger partial charge in [-0.2, -0.15) is 0 Å². The SMILES string of the molecule is Cc1ccc2c(N3CCN(CCc4cc5c(cc4F)OCC(=O)N5)CC3)cccc2n1.Cl. The monoisotopic (exact) mass is 456 g/mol. The quantitative estimate of drug-likeness (QED) is 0.647. The minimum absolute atomic E-state index is 0. The molecule has 0 saturated carbocycles. The van der Waals surface area contributed by atoms with Gasteiger partial charge in [-0.05, 0) is 49.2 Å². The van der Waals surface area contributed by atoms with Crippen LogP contribution in [0.4, 0.5) is 15.8 Å². The fourth-order valence-electron chi connectivity index (χ4n) is 4.35. The molecule has 3 heterocycles. The van der Waals surface area contributed by atoms with Crippen LogP contribution in [0.2, 0.25) is 0 Å². The van der Waals surface area contributed by atoms with Gasteiger partial charge in [0.2, 0.25) is 0 Å². The summed E-state index contributed by atoms with van der Waals surface area (Å²) in [6.07, 6.45) is 0.590. The predicted molar refractivity (Wildman–Crippen MR) is 127 cm³/mol. The van der Waals surface area contributed by atoms with Crippen molar-refractivity contribution in [3.8, 4) is 5.75 Å². The Labute approximate surface area is 192 Å². The maximum Gasteiger partial charge on any atom is 0.262 e. The second kappa shape index (κ2) is 9.30. The molecule has 1 N–H and O–H groups in total. The number of piperazine rings is 1. The van der Waals surface area contributed by atoms with Gasteiger partial charge in [0.25, 0.3) is 5.91 Å². The number of halogens is 2. The molecule has 1 aromatic heterocycles. The van der Waals surface area contributed by atoms with Crippen molar-refractivity contribution in [2.24, 2.45) is 0 Å². The van der Waals surface area contributed by atoms with Gasteiger partial charge in [0.1, 0.15) is 11.6 Å². The molecule has 1 saturated heterocycles. The van der Waals surface area contributed by atoms with Gasteiger partial charge in [-0.3, -0.25) is 14.7 Å². The molecule has 0 radical (unpaired) electrons. The number of hydrogen-bond donors (Lipinski definition) is 1. The molecule has 0 aliphatic carbocycles. The van der Waals surface area contributed by atoms with Crippen molar-refractivity contribution < 1.29 is 13.9 Å². The summed E-state index contributed by atoms with van der Waals surface area (Å²) in [5, 5.41) is 3.93. The smallest absolute Gasteiger partial charge is 0.262 e. The fraction of sp³-hybridized carbons (Fsp3) is 0.333.